The van der Waals surface area contributed by atoms with Crippen LogP contribution in [0.15, 0.2) is 18.7 Å². The molecule has 0 aliphatic carbocycles. The van der Waals surface area contributed by atoms with Crippen LogP contribution in [0, 0.1) is 0 Å². The molecule has 2 aromatic heterocycles. The van der Waals surface area contributed by atoms with E-state index in [4.69, 9.17) is 0 Å². The fourth-order valence-electron chi connectivity index (χ4n) is 0.759. The molecule has 2 aromatic rings. The molecule has 0 atom stereocenters. The summed E-state index contributed by atoms with van der Waals surface area (Å²) in [5, 5.41) is 4.84. The first-order chi connectivity index (χ1) is 4.86. The number of hydrogen-bond acceptors (Lipinski definition) is 4. The topological polar surface area (TPSA) is 43.6 Å². The van der Waals surface area contributed by atoms with Gasteiger partial charge in [-0.25, -0.2) is 14.1 Å². The number of aromatic nitrogens is 4. The maximum absolute atomic E-state index is 3.98. The standard InChI is InChI=1S/C5H4N4S/c10-9-2-4-1-6-3-7-5(4)8-9/h1-3,10H. The Kier molecular flexibility index (Phi) is 1.10. The van der Waals surface area contributed by atoms with E-state index < -0.39 is 0 Å². The van der Waals surface area contributed by atoms with Gasteiger partial charge in [0.1, 0.15) is 6.33 Å². The van der Waals surface area contributed by atoms with Crippen molar-refractivity contribution in [1.29, 1.82) is 0 Å². The first-order valence-electron chi connectivity index (χ1n) is 2.71. The largest absolute Gasteiger partial charge is 0.244 e. The Bertz CT molecular complexity index is 322. The average molecular weight is 152 g/mol. The highest BCUT2D eigenvalue weighted by molar-refractivity contribution is 7.78. The summed E-state index contributed by atoms with van der Waals surface area (Å²) in [5.74, 6) is 0. The van der Waals surface area contributed by atoms with Gasteiger partial charge in [-0.3, -0.25) is 0 Å². The maximum atomic E-state index is 3.98. The van der Waals surface area contributed by atoms with Gasteiger partial charge in [0.25, 0.3) is 0 Å². The lowest BCUT2D eigenvalue weighted by molar-refractivity contribution is 1.03. The number of thiol groups is 1. The molecule has 0 radical (unpaired) electrons. The number of nitrogens with zero attached hydrogens (tertiary/aromatic N) is 4. The van der Waals surface area contributed by atoms with Crippen LogP contribution >= 0.6 is 12.8 Å². The molecule has 2 heterocycles. The van der Waals surface area contributed by atoms with Gasteiger partial charge in [-0.2, -0.15) is 0 Å². The second kappa shape index (κ2) is 1.95. The van der Waals surface area contributed by atoms with Gasteiger partial charge in [0.05, 0.1) is 5.39 Å². The minimum atomic E-state index is 0.671. The van der Waals surface area contributed by atoms with Gasteiger partial charge in [-0.15, -0.1) is 5.10 Å². The highest BCUT2D eigenvalue weighted by atomic mass is 32.1. The molecule has 0 N–H and O–H groups in total. The van der Waals surface area contributed by atoms with Crippen LogP contribution in [-0.2, 0) is 0 Å². The third-order valence-electron chi connectivity index (χ3n) is 1.17. The van der Waals surface area contributed by atoms with Crippen molar-refractivity contribution >= 4 is 23.8 Å². The molecule has 4 nitrogen and oxygen atoms in total. The van der Waals surface area contributed by atoms with Gasteiger partial charge in [-0.05, 0) is 12.8 Å². The van der Waals surface area contributed by atoms with Crippen molar-refractivity contribution in [2.45, 2.75) is 0 Å². The molecule has 0 aliphatic rings. The van der Waals surface area contributed by atoms with E-state index in [0.29, 0.717) is 5.65 Å². The molecule has 0 unspecified atom stereocenters. The second-order valence-corrected chi connectivity index (χ2v) is 2.26. The molecule has 0 fully saturated rings. The summed E-state index contributed by atoms with van der Waals surface area (Å²) in [5.41, 5.74) is 0.671. The minimum absolute atomic E-state index is 0.671. The number of rotatable bonds is 0. The Morgan fingerprint density at radius 3 is 3.20 bits per heavy atom. The summed E-state index contributed by atoms with van der Waals surface area (Å²) in [6.45, 7) is 0. The van der Waals surface area contributed by atoms with Gasteiger partial charge >= 0.3 is 0 Å². The van der Waals surface area contributed by atoms with E-state index in [2.05, 4.69) is 27.9 Å². The quantitative estimate of drug-likeness (QED) is 0.560. The third-order valence-corrected chi connectivity index (χ3v) is 1.38. The van der Waals surface area contributed by atoms with Gasteiger partial charge < -0.3 is 0 Å². The fourth-order valence-corrected chi connectivity index (χ4v) is 0.968. The Labute approximate surface area is 62.5 Å². The smallest absolute Gasteiger partial charge is 0.185 e. The molecule has 0 aromatic carbocycles. The molecule has 5 heteroatoms. The van der Waals surface area contributed by atoms with Crippen LogP contribution in [0.4, 0.5) is 0 Å². The highest BCUT2D eigenvalue weighted by Gasteiger charge is 1.96. The molecule has 50 valence electrons. The van der Waals surface area contributed by atoms with Gasteiger partial charge in [-0.1, -0.05) is 0 Å². The number of hydrogen-bond donors (Lipinski definition) is 1. The molecular formula is C5H4N4S. The Morgan fingerprint density at radius 2 is 2.40 bits per heavy atom. The maximum Gasteiger partial charge on any atom is 0.185 e. The zero-order valence-corrected chi connectivity index (χ0v) is 5.86. The Hall–Kier alpha value is -1.10. The summed E-state index contributed by atoms with van der Waals surface area (Å²) >= 11 is 3.98. The predicted molar refractivity (Wildman–Crippen MR) is 39.7 cm³/mol. The third kappa shape index (κ3) is 0.750. The predicted octanol–water partition coefficient (Wildman–Crippen LogP) is 0.519. The van der Waals surface area contributed by atoms with Gasteiger partial charge in [0.2, 0.25) is 0 Å². The summed E-state index contributed by atoms with van der Waals surface area (Å²) in [6, 6.07) is 0. The second-order valence-electron chi connectivity index (χ2n) is 1.85. The lowest BCUT2D eigenvalue weighted by Crippen LogP contribution is -1.79. The van der Waals surface area contributed by atoms with Crippen molar-refractivity contribution in [3.05, 3.63) is 18.7 Å². The molecular weight excluding hydrogens is 148 g/mol. The van der Waals surface area contributed by atoms with Crippen molar-refractivity contribution in [3.63, 3.8) is 0 Å². The zero-order valence-electron chi connectivity index (χ0n) is 4.97. The Balaban J connectivity index is 2.88. The molecule has 0 amide bonds. The van der Waals surface area contributed by atoms with Crippen molar-refractivity contribution in [2.75, 3.05) is 0 Å². The molecule has 0 spiro atoms. The van der Waals surface area contributed by atoms with Crippen molar-refractivity contribution in [2.24, 2.45) is 0 Å². The van der Waals surface area contributed by atoms with Crippen LogP contribution in [0.1, 0.15) is 0 Å². The fraction of sp³-hybridized carbons (Fsp3) is 0. The summed E-state index contributed by atoms with van der Waals surface area (Å²) in [7, 11) is 0. The van der Waals surface area contributed by atoms with E-state index in [1.54, 1.807) is 12.4 Å². The van der Waals surface area contributed by atoms with Crippen LogP contribution in [-0.4, -0.2) is 19.2 Å². The van der Waals surface area contributed by atoms with Crippen LogP contribution in [0.5, 0.6) is 0 Å². The number of fused-ring (bicyclic) bond motifs is 1. The first kappa shape index (κ1) is 5.67. The molecule has 0 aliphatic heterocycles. The molecule has 0 saturated heterocycles. The van der Waals surface area contributed by atoms with E-state index in [0.717, 1.165) is 5.39 Å². The van der Waals surface area contributed by atoms with Gasteiger partial charge in [0.15, 0.2) is 5.65 Å². The average Bonchev–Trinajstić information content (AvgIpc) is 2.27. The van der Waals surface area contributed by atoms with E-state index >= 15 is 0 Å². The SMILES string of the molecule is Sn1cc2cncnc2n1. The van der Waals surface area contributed by atoms with E-state index in [1.165, 1.54) is 10.4 Å². The summed E-state index contributed by atoms with van der Waals surface area (Å²) in [6.07, 6.45) is 4.91. The first-order valence-corrected chi connectivity index (χ1v) is 3.11. The van der Waals surface area contributed by atoms with Crippen molar-refractivity contribution in [1.82, 2.24) is 19.2 Å². The van der Waals surface area contributed by atoms with Crippen molar-refractivity contribution in [3.8, 4) is 0 Å². The molecule has 10 heavy (non-hydrogen) atoms. The van der Waals surface area contributed by atoms with E-state index in [1.807, 2.05) is 0 Å². The monoisotopic (exact) mass is 152 g/mol. The lowest BCUT2D eigenvalue weighted by Gasteiger charge is -1.79. The van der Waals surface area contributed by atoms with Gasteiger partial charge in [0, 0.05) is 12.4 Å². The van der Waals surface area contributed by atoms with Crippen LogP contribution in [0.2, 0.25) is 0 Å². The minimum Gasteiger partial charge on any atom is -0.244 e. The van der Waals surface area contributed by atoms with Crippen molar-refractivity contribution < 1.29 is 0 Å². The Morgan fingerprint density at radius 1 is 1.50 bits per heavy atom. The zero-order chi connectivity index (χ0) is 6.97. The summed E-state index contributed by atoms with van der Waals surface area (Å²) < 4.78 is 1.42. The lowest BCUT2D eigenvalue weighted by atomic mass is 10.5. The normalized spacial score (nSPS) is 10.5. The van der Waals surface area contributed by atoms with E-state index in [-0.39, 0.29) is 0 Å². The van der Waals surface area contributed by atoms with E-state index in [9.17, 15) is 0 Å². The summed E-state index contributed by atoms with van der Waals surface area (Å²) in [4.78, 5) is 7.74. The molecule has 0 bridgehead atoms. The highest BCUT2D eigenvalue weighted by Crippen LogP contribution is 2.05. The van der Waals surface area contributed by atoms with Crippen LogP contribution in [0.3, 0.4) is 0 Å². The molecule has 2 rings (SSSR count). The molecule has 0 saturated carbocycles. The van der Waals surface area contributed by atoms with Crippen LogP contribution in [0.25, 0.3) is 11.0 Å². The van der Waals surface area contributed by atoms with Crippen LogP contribution < -0.4 is 0 Å².